The zero-order valence-corrected chi connectivity index (χ0v) is 16.3. The number of rotatable bonds is 3. The summed E-state index contributed by atoms with van der Waals surface area (Å²) in [6, 6.07) is 8.39. The number of hydrogen-bond donors (Lipinski definition) is 1. The first-order valence-electron chi connectivity index (χ1n) is 6.75. The average Bonchev–Trinajstić information content (AvgIpc) is 3.02. The van der Waals surface area contributed by atoms with Crippen LogP contribution in [-0.4, -0.2) is 11.7 Å². The average molecular weight is 411 g/mol. The van der Waals surface area contributed by atoms with Crippen LogP contribution in [0.1, 0.15) is 30.9 Å². The van der Waals surface area contributed by atoms with Gasteiger partial charge in [0.15, 0.2) is 0 Å². The number of fused-ring (bicyclic) bond motifs is 1. The molecule has 0 heterocycles. The minimum atomic E-state index is 0. The molecule has 0 bridgehead atoms. The van der Waals surface area contributed by atoms with Crippen LogP contribution in [0.5, 0.6) is 0 Å². The quantitative estimate of drug-likeness (QED) is 0.562. The maximum absolute atomic E-state index is 9.17. The molecule has 1 aromatic carbocycles. The smallest absolute Gasteiger partial charge is 1.00 e. The molecule has 0 saturated carbocycles. The predicted molar refractivity (Wildman–Crippen MR) is 78.4 cm³/mol. The molecule has 0 unspecified atom stereocenters. The summed E-state index contributed by atoms with van der Waals surface area (Å²) in [5.41, 5.74) is 7.48. The van der Waals surface area contributed by atoms with E-state index in [1.807, 2.05) is 0 Å². The van der Waals surface area contributed by atoms with Gasteiger partial charge in [-0.25, -0.2) is 0 Å². The summed E-state index contributed by atoms with van der Waals surface area (Å²) in [4.78, 5) is 0. The molecule has 1 radical (unpaired) electrons. The first-order chi connectivity index (χ1) is 9.35. The molecule has 0 spiro atoms. The second kappa shape index (κ2) is 9.68. The molecule has 0 atom stereocenters. The molecule has 0 aliphatic heterocycles. The number of benzene rings is 1. The van der Waals surface area contributed by atoms with E-state index in [9.17, 15) is 5.11 Å². The zero-order valence-electron chi connectivity index (χ0n) is 12.4. The molecule has 2 aliphatic carbocycles. The third-order valence-electron chi connectivity index (χ3n) is 3.75. The Morgan fingerprint density at radius 1 is 1.23 bits per heavy atom. The van der Waals surface area contributed by atoms with Crippen molar-refractivity contribution in [3.05, 3.63) is 76.4 Å². The van der Waals surface area contributed by atoms with Crippen LogP contribution in [0.25, 0.3) is 5.57 Å². The van der Waals surface area contributed by atoms with E-state index in [0.717, 1.165) is 12.8 Å². The van der Waals surface area contributed by atoms with Crippen molar-refractivity contribution in [1.82, 2.24) is 0 Å². The maximum Gasteiger partial charge on any atom is 3.00 e. The zero-order chi connectivity index (χ0) is 13.2. The summed E-state index contributed by atoms with van der Waals surface area (Å²) in [7, 11) is 0. The van der Waals surface area contributed by atoms with Gasteiger partial charge < -0.3 is 29.9 Å². The van der Waals surface area contributed by atoms with E-state index >= 15 is 0 Å². The Labute approximate surface area is 163 Å². The van der Waals surface area contributed by atoms with Crippen molar-refractivity contribution in [1.29, 1.82) is 0 Å². The minimum Gasteiger partial charge on any atom is -1.00 e. The maximum atomic E-state index is 9.17. The number of aliphatic hydroxyl groups excluding tert-OH is 1. The van der Waals surface area contributed by atoms with Crippen LogP contribution in [-0.2, 0) is 26.2 Å². The molecular weight excluding hydrogens is 394 g/mol. The Morgan fingerprint density at radius 2 is 1.95 bits per heavy atom. The summed E-state index contributed by atoms with van der Waals surface area (Å²) in [6.07, 6.45) is 11.7. The molecule has 0 fully saturated rings. The molecular formula is C18H17Cl2OZr. The van der Waals surface area contributed by atoms with Gasteiger partial charge in [-0.05, 0) is 12.8 Å². The largest absolute Gasteiger partial charge is 3.00 e. The van der Waals surface area contributed by atoms with Gasteiger partial charge in [0.25, 0.3) is 0 Å². The van der Waals surface area contributed by atoms with Gasteiger partial charge in [0, 0.05) is 6.61 Å². The van der Waals surface area contributed by atoms with Crippen molar-refractivity contribution >= 4 is 5.57 Å². The molecule has 0 saturated heterocycles. The van der Waals surface area contributed by atoms with Crippen molar-refractivity contribution in [3.8, 4) is 0 Å². The summed E-state index contributed by atoms with van der Waals surface area (Å²) in [5.74, 6) is 0. The Morgan fingerprint density at radius 3 is 2.64 bits per heavy atom. The van der Waals surface area contributed by atoms with E-state index in [2.05, 4.69) is 55.5 Å². The molecule has 4 heteroatoms. The second-order valence-electron chi connectivity index (χ2n) is 4.83. The topological polar surface area (TPSA) is 20.2 Å². The Bertz CT molecular complexity index is 642. The second-order valence-corrected chi connectivity index (χ2v) is 4.83. The third-order valence-corrected chi connectivity index (χ3v) is 3.75. The number of allylic oxidation sites excluding steroid dienone is 6. The molecule has 22 heavy (non-hydrogen) atoms. The van der Waals surface area contributed by atoms with E-state index in [-0.39, 0.29) is 57.6 Å². The Hall–Kier alpha value is -0.397. The minimum absolute atomic E-state index is 0. The Balaban J connectivity index is 0.00000147. The molecule has 1 nitrogen and oxygen atoms in total. The van der Waals surface area contributed by atoms with E-state index in [1.54, 1.807) is 0 Å². The van der Waals surface area contributed by atoms with Crippen LogP contribution in [0.4, 0.5) is 0 Å². The summed E-state index contributed by atoms with van der Waals surface area (Å²) in [6.45, 7) is 2.28. The molecule has 2 aliphatic rings. The first-order valence-corrected chi connectivity index (χ1v) is 6.75. The standard InChI is InChI=1S/C18H17O.2ClH.Zr/c1-2-15-17-8-4-3-6-14(17)12-18(15)16-9-5-7-13(16)10-11-19;;;/h2-8,19H,9-11H2,1H3;2*1H;/q-1;;;+3/p-2. The molecule has 3 rings (SSSR count). The number of aliphatic hydroxyl groups is 1. The molecule has 113 valence electrons. The van der Waals surface area contributed by atoms with Gasteiger partial charge in [0.2, 0.25) is 0 Å². The van der Waals surface area contributed by atoms with Crippen LogP contribution < -0.4 is 24.8 Å². The molecule has 0 amide bonds. The van der Waals surface area contributed by atoms with Gasteiger partial charge in [0.1, 0.15) is 0 Å². The van der Waals surface area contributed by atoms with E-state index in [0.29, 0.717) is 0 Å². The van der Waals surface area contributed by atoms with Crippen molar-refractivity contribution in [2.75, 3.05) is 6.61 Å². The van der Waals surface area contributed by atoms with Gasteiger partial charge in [-0.2, -0.15) is 0 Å². The normalized spacial score (nSPS) is 16.6. The van der Waals surface area contributed by atoms with Crippen molar-refractivity contribution in [3.63, 3.8) is 0 Å². The fourth-order valence-electron chi connectivity index (χ4n) is 2.87. The van der Waals surface area contributed by atoms with Gasteiger partial charge >= 0.3 is 26.2 Å². The van der Waals surface area contributed by atoms with E-state index in [4.69, 9.17) is 0 Å². The van der Waals surface area contributed by atoms with Crippen LogP contribution in [0, 0.1) is 6.08 Å². The van der Waals surface area contributed by atoms with Crippen LogP contribution in [0.3, 0.4) is 0 Å². The van der Waals surface area contributed by atoms with E-state index in [1.165, 1.54) is 33.4 Å². The fraction of sp³-hybridized carbons (Fsp3) is 0.222. The number of halogens is 2. The van der Waals surface area contributed by atoms with Crippen LogP contribution >= 0.6 is 0 Å². The monoisotopic (exact) mass is 409 g/mol. The SMILES string of the molecule is CC=C1C(C2=C(CCO)C=CC2)=[C-]c2ccccc21.[Cl-].[Cl-].[Zr+3]. The van der Waals surface area contributed by atoms with Crippen molar-refractivity contribution in [2.45, 2.75) is 19.8 Å². The fourth-order valence-corrected chi connectivity index (χ4v) is 2.87. The van der Waals surface area contributed by atoms with Crippen LogP contribution in [0.2, 0.25) is 0 Å². The predicted octanol–water partition coefficient (Wildman–Crippen LogP) is -2.17. The molecule has 1 N–H and O–H groups in total. The third kappa shape index (κ3) is 3.92. The summed E-state index contributed by atoms with van der Waals surface area (Å²) in [5, 5.41) is 9.17. The molecule has 1 aromatic rings. The van der Waals surface area contributed by atoms with Gasteiger partial charge in [0.05, 0.1) is 0 Å². The number of hydrogen-bond acceptors (Lipinski definition) is 1. The summed E-state index contributed by atoms with van der Waals surface area (Å²) >= 11 is 0. The first kappa shape index (κ1) is 21.6. The van der Waals surface area contributed by atoms with Crippen LogP contribution in [0.15, 0.2) is 59.2 Å². The van der Waals surface area contributed by atoms with E-state index < -0.39 is 0 Å². The van der Waals surface area contributed by atoms with Gasteiger partial charge in [-0.3, -0.25) is 0 Å². The van der Waals surface area contributed by atoms with Gasteiger partial charge in [-0.15, -0.1) is 40.5 Å². The summed E-state index contributed by atoms with van der Waals surface area (Å²) < 4.78 is 0. The molecule has 0 aromatic heterocycles. The van der Waals surface area contributed by atoms with Crippen molar-refractivity contribution < 1.29 is 56.1 Å². The van der Waals surface area contributed by atoms with Crippen molar-refractivity contribution in [2.24, 2.45) is 0 Å². The Kier molecular flexibility index (Phi) is 9.50. The van der Waals surface area contributed by atoms with Gasteiger partial charge in [-0.1, -0.05) is 48.4 Å².